The second kappa shape index (κ2) is 53.0. The Labute approximate surface area is 495 Å². The highest BCUT2D eigenvalue weighted by atomic mass is 16.7. The van der Waals surface area contributed by atoms with Crippen LogP contribution in [-0.4, -0.2) is 140 Å². The first-order valence-corrected chi connectivity index (χ1v) is 34.4. The van der Waals surface area contributed by atoms with Gasteiger partial charge in [-0.2, -0.15) is 0 Å². The first-order valence-electron chi connectivity index (χ1n) is 34.4. The van der Waals surface area contributed by atoms with Crippen LogP contribution in [0.15, 0.2) is 12.2 Å². The fraction of sp³-hybridized carbons (Fsp3) is 0.955. The standard InChI is InChI=1S/C67H129NO13/c1-3-5-7-9-11-13-14-15-16-17-18-19-20-21-22-23-24-25-26-27-28-29-30-31-32-33-34-35-36-37-38-39-40-41-42-43-45-47-49-51-59(72)68-55(56(71)50-48-46-44-12-10-8-6-4-2)54-78-66-64(77)62(75)65(58(53-70)80-66)81-67-63(76)61(74)60(73)57(52-69)79-67/h48,50,55-58,60-67,69-71,73-77H,3-47,49,51-54H2,1-2H3,(H,68,72)/b50-48+. The summed E-state index contributed by atoms with van der Waals surface area (Å²) in [4.78, 5) is 13.2. The SMILES string of the molecule is CCCCCCCC/C=C/C(O)C(COC1OC(CO)C(OC2OC(CO)C(O)C(O)C2O)C(O)C1O)NC(=O)CCCCCCCCCCCCCCCCCCCCCCCCCCCCCCCCCCCCCCCCC. The maximum Gasteiger partial charge on any atom is 0.220 e. The number of allylic oxidation sites excluding steroid dienone is 1. The van der Waals surface area contributed by atoms with E-state index in [1.54, 1.807) is 6.08 Å². The van der Waals surface area contributed by atoms with Crippen molar-refractivity contribution < 1.29 is 64.6 Å². The Balaban J connectivity index is 1.48. The van der Waals surface area contributed by atoms with Crippen LogP contribution >= 0.6 is 0 Å². The average molecular weight is 1160 g/mol. The molecule has 0 saturated carbocycles. The Morgan fingerprint density at radius 2 is 0.765 bits per heavy atom. The third-order valence-electron chi connectivity index (χ3n) is 17.2. The lowest BCUT2D eigenvalue weighted by atomic mass is 9.97. The molecule has 12 unspecified atom stereocenters. The molecule has 2 saturated heterocycles. The summed E-state index contributed by atoms with van der Waals surface area (Å²) in [5.74, 6) is -0.236. The molecule has 1 amide bonds. The largest absolute Gasteiger partial charge is 0.394 e. The number of hydrogen-bond donors (Lipinski definition) is 9. The summed E-state index contributed by atoms with van der Waals surface area (Å²) >= 11 is 0. The Morgan fingerprint density at radius 3 is 1.14 bits per heavy atom. The van der Waals surface area contributed by atoms with Crippen molar-refractivity contribution in [1.82, 2.24) is 5.32 Å². The molecule has 2 aliphatic rings. The summed E-state index contributed by atoms with van der Waals surface area (Å²) in [5.41, 5.74) is 0. The number of rotatable bonds is 57. The van der Waals surface area contributed by atoms with Crippen molar-refractivity contribution in [2.45, 2.75) is 389 Å². The van der Waals surface area contributed by atoms with E-state index in [0.717, 1.165) is 44.9 Å². The Morgan fingerprint density at radius 1 is 0.432 bits per heavy atom. The zero-order valence-electron chi connectivity index (χ0n) is 52.1. The van der Waals surface area contributed by atoms with Crippen molar-refractivity contribution in [3.8, 4) is 0 Å². The minimum absolute atomic E-state index is 0.236. The first-order chi connectivity index (χ1) is 39.6. The summed E-state index contributed by atoms with van der Waals surface area (Å²) in [6, 6.07) is -0.908. The van der Waals surface area contributed by atoms with Gasteiger partial charge in [0.25, 0.3) is 0 Å². The van der Waals surface area contributed by atoms with Crippen LogP contribution in [0.4, 0.5) is 0 Å². The van der Waals surface area contributed by atoms with Crippen LogP contribution < -0.4 is 5.32 Å². The van der Waals surface area contributed by atoms with Crippen LogP contribution in [0.25, 0.3) is 0 Å². The number of ether oxygens (including phenoxy) is 4. The van der Waals surface area contributed by atoms with Crippen molar-refractivity contribution >= 4 is 5.91 Å². The molecule has 9 N–H and O–H groups in total. The second-order valence-corrected chi connectivity index (χ2v) is 24.7. The number of amides is 1. The molecule has 480 valence electrons. The van der Waals surface area contributed by atoms with Crippen molar-refractivity contribution in [3.63, 3.8) is 0 Å². The van der Waals surface area contributed by atoms with Crippen molar-refractivity contribution in [2.75, 3.05) is 19.8 Å². The minimum atomic E-state index is -1.78. The van der Waals surface area contributed by atoms with Gasteiger partial charge in [0, 0.05) is 6.42 Å². The fourth-order valence-electron chi connectivity index (χ4n) is 11.7. The molecule has 0 aromatic rings. The summed E-state index contributed by atoms with van der Waals surface area (Å²) in [5, 5.41) is 86.8. The topological polar surface area (TPSA) is 228 Å². The zero-order valence-corrected chi connectivity index (χ0v) is 52.1. The van der Waals surface area contributed by atoms with E-state index < -0.39 is 86.8 Å². The van der Waals surface area contributed by atoms with E-state index >= 15 is 0 Å². The summed E-state index contributed by atoms with van der Waals surface area (Å²) in [6.07, 6.45) is 47.8. The highest BCUT2D eigenvalue weighted by Crippen LogP contribution is 2.30. The van der Waals surface area contributed by atoms with E-state index in [0.29, 0.717) is 6.42 Å². The van der Waals surface area contributed by atoms with Gasteiger partial charge in [0.15, 0.2) is 12.6 Å². The minimum Gasteiger partial charge on any atom is -0.394 e. The molecule has 2 rings (SSSR count). The van der Waals surface area contributed by atoms with E-state index in [2.05, 4.69) is 19.2 Å². The van der Waals surface area contributed by atoms with E-state index in [9.17, 15) is 45.6 Å². The predicted octanol–water partition coefficient (Wildman–Crippen LogP) is 13.4. The maximum absolute atomic E-state index is 13.2. The molecule has 2 fully saturated rings. The van der Waals surface area contributed by atoms with Crippen LogP contribution in [0.1, 0.15) is 316 Å². The molecule has 0 aliphatic carbocycles. The molecule has 81 heavy (non-hydrogen) atoms. The first kappa shape index (κ1) is 75.8. The molecule has 2 heterocycles. The predicted molar refractivity (Wildman–Crippen MR) is 328 cm³/mol. The van der Waals surface area contributed by atoms with Gasteiger partial charge in [0.1, 0.15) is 48.8 Å². The fourth-order valence-corrected chi connectivity index (χ4v) is 11.7. The second-order valence-electron chi connectivity index (χ2n) is 24.7. The molecule has 0 bridgehead atoms. The molecule has 0 aromatic carbocycles. The average Bonchev–Trinajstić information content (AvgIpc) is 3.55. The monoisotopic (exact) mass is 1160 g/mol. The number of unbranched alkanes of at least 4 members (excludes halogenated alkanes) is 44. The third-order valence-corrected chi connectivity index (χ3v) is 17.2. The lowest BCUT2D eigenvalue weighted by Gasteiger charge is -2.46. The van der Waals surface area contributed by atoms with Crippen LogP contribution in [-0.2, 0) is 23.7 Å². The molecule has 12 atom stereocenters. The lowest BCUT2D eigenvalue weighted by Crippen LogP contribution is -2.65. The van der Waals surface area contributed by atoms with Gasteiger partial charge in [-0.25, -0.2) is 0 Å². The number of nitrogens with one attached hydrogen (secondary N) is 1. The van der Waals surface area contributed by atoms with Crippen LogP contribution in [0, 0.1) is 0 Å². The van der Waals surface area contributed by atoms with Gasteiger partial charge in [0.2, 0.25) is 5.91 Å². The van der Waals surface area contributed by atoms with Crippen LogP contribution in [0.2, 0.25) is 0 Å². The van der Waals surface area contributed by atoms with Crippen LogP contribution in [0.3, 0.4) is 0 Å². The van der Waals surface area contributed by atoms with Crippen LogP contribution in [0.5, 0.6) is 0 Å². The van der Waals surface area contributed by atoms with Gasteiger partial charge in [-0.05, 0) is 19.3 Å². The molecule has 0 spiro atoms. The lowest BCUT2D eigenvalue weighted by molar-refractivity contribution is -0.359. The van der Waals surface area contributed by atoms with Gasteiger partial charge in [0.05, 0.1) is 32.0 Å². The van der Waals surface area contributed by atoms with Gasteiger partial charge in [-0.15, -0.1) is 0 Å². The normalized spacial score (nSPS) is 24.1. The smallest absolute Gasteiger partial charge is 0.220 e. The van der Waals surface area contributed by atoms with Gasteiger partial charge < -0.3 is 65.1 Å². The Hall–Kier alpha value is -1.27. The van der Waals surface area contributed by atoms with Gasteiger partial charge >= 0.3 is 0 Å². The third kappa shape index (κ3) is 37.8. The highest BCUT2D eigenvalue weighted by Gasteiger charge is 2.51. The number of aliphatic hydroxyl groups excluding tert-OH is 8. The molecule has 14 nitrogen and oxygen atoms in total. The van der Waals surface area contributed by atoms with E-state index in [-0.39, 0.29) is 18.9 Å². The highest BCUT2D eigenvalue weighted by molar-refractivity contribution is 5.76. The zero-order chi connectivity index (χ0) is 58.8. The van der Waals surface area contributed by atoms with Gasteiger partial charge in [-0.3, -0.25) is 4.79 Å². The molecule has 0 radical (unpaired) electrons. The summed E-state index contributed by atoms with van der Waals surface area (Å²) in [6.45, 7) is 2.78. The maximum atomic E-state index is 13.2. The number of hydrogen-bond acceptors (Lipinski definition) is 13. The van der Waals surface area contributed by atoms with Crippen molar-refractivity contribution in [3.05, 3.63) is 12.2 Å². The molecule has 14 heteroatoms. The molecular formula is C67H129NO13. The van der Waals surface area contributed by atoms with E-state index in [1.165, 1.54) is 244 Å². The molecule has 0 aromatic heterocycles. The summed E-state index contributed by atoms with van der Waals surface area (Å²) < 4.78 is 22.7. The molecule has 2 aliphatic heterocycles. The van der Waals surface area contributed by atoms with E-state index in [1.807, 2.05) is 6.08 Å². The van der Waals surface area contributed by atoms with Crippen molar-refractivity contribution in [2.24, 2.45) is 0 Å². The molecular weight excluding hydrogens is 1030 g/mol. The Kier molecular flexibility index (Phi) is 49.6. The summed E-state index contributed by atoms with van der Waals surface area (Å²) in [7, 11) is 0. The Bertz CT molecular complexity index is 1410. The number of aliphatic hydroxyl groups is 8. The number of carbonyl (C=O) groups is 1. The van der Waals surface area contributed by atoms with E-state index in [4.69, 9.17) is 18.9 Å². The van der Waals surface area contributed by atoms with Crippen molar-refractivity contribution in [1.29, 1.82) is 0 Å². The van der Waals surface area contributed by atoms with Gasteiger partial charge in [-0.1, -0.05) is 302 Å². The number of carbonyl (C=O) groups excluding carboxylic acids is 1. The quantitative estimate of drug-likeness (QED) is 0.0204.